The van der Waals surface area contributed by atoms with Gasteiger partial charge in [0.15, 0.2) is 0 Å². The lowest BCUT2D eigenvalue weighted by Crippen LogP contribution is -2.18. The Morgan fingerprint density at radius 1 is 0.900 bits per heavy atom. The number of nitrogens with zero attached hydrogens (tertiary/aromatic N) is 1. The Morgan fingerprint density at radius 2 is 1.60 bits per heavy atom. The zero-order valence-corrected chi connectivity index (χ0v) is 13.1. The van der Waals surface area contributed by atoms with Crippen LogP contribution in [0.4, 0.5) is 5.69 Å². The molecule has 0 fully saturated rings. The van der Waals surface area contributed by atoms with Gasteiger partial charge in [0.2, 0.25) is 0 Å². The van der Waals surface area contributed by atoms with Gasteiger partial charge in [-0.05, 0) is 55.3 Å². The number of hydrogen-bond donors (Lipinski definition) is 1. The van der Waals surface area contributed by atoms with Crippen LogP contribution in [-0.2, 0) is 0 Å². The second kappa shape index (κ2) is 6.10. The zero-order chi connectivity index (χ0) is 14.7. The minimum Gasteiger partial charge on any atom is -0.378 e. The highest BCUT2D eigenvalue weighted by molar-refractivity contribution is 5.49. The summed E-state index contributed by atoms with van der Waals surface area (Å²) in [6.45, 7) is 4.32. The Bertz CT molecular complexity index is 588. The summed E-state index contributed by atoms with van der Waals surface area (Å²) in [5.74, 6) is 0. The van der Waals surface area contributed by atoms with Crippen LogP contribution < -0.4 is 10.2 Å². The van der Waals surface area contributed by atoms with Gasteiger partial charge in [0.25, 0.3) is 0 Å². The average Bonchev–Trinajstić information content (AvgIpc) is 2.44. The molecule has 1 N–H and O–H groups in total. The third-order valence-corrected chi connectivity index (χ3v) is 3.87. The highest BCUT2D eigenvalue weighted by atomic mass is 15.1. The van der Waals surface area contributed by atoms with E-state index >= 15 is 0 Å². The molecule has 1 unspecified atom stereocenters. The molecule has 2 heteroatoms. The first kappa shape index (κ1) is 14.6. The van der Waals surface area contributed by atoms with Gasteiger partial charge in [-0.15, -0.1) is 0 Å². The van der Waals surface area contributed by atoms with Crippen LogP contribution in [0.3, 0.4) is 0 Å². The summed E-state index contributed by atoms with van der Waals surface area (Å²) in [7, 11) is 6.16. The minimum absolute atomic E-state index is 0.231. The SMILES string of the molecule is CNC(c1cccc(N(C)C)c1)c1ccc(C)c(C)c1. The lowest BCUT2D eigenvalue weighted by Gasteiger charge is -2.21. The topological polar surface area (TPSA) is 15.3 Å². The van der Waals surface area contributed by atoms with E-state index in [0.717, 1.165) is 0 Å². The quantitative estimate of drug-likeness (QED) is 0.910. The molecule has 0 heterocycles. The Hall–Kier alpha value is -1.80. The molecule has 0 aliphatic heterocycles. The molecule has 0 aliphatic rings. The van der Waals surface area contributed by atoms with Gasteiger partial charge in [0.05, 0.1) is 6.04 Å². The fourth-order valence-corrected chi connectivity index (χ4v) is 2.45. The normalized spacial score (nSPS) is 12.2. The van der Waals surface area contributed by atoms with Gasteiger partial charge >= 0.3 is 0 Å². The van der Waals surface area contributed by atoms with Crippen LogP contribution in [0.15, 0.2) is 42.5 Å². The molecule has 2 aromatic carbocycles. The number of benzene rings is 2. The highest BCUT2D eigenvalue weighted by Gasteiger charge is 2.13. The number of rotatable bonds is 4. The average molecular weight is 268 g/mol. The van der Waals surface area contributed by atoms with Gasteiger partial charge in [-0.1, -0.05) is 30.3 Å². The smallest absolute Gasteiger partial charge is 0.0575 e. The summed E-state index contributed by atoms with van der Waals surface area (Å²) >= 11 is 0. The monoisotopic (exact) mass is 268 g/mol. The van der Waals surface area contributed by atoms with Crippen LogP contribution in [0.1, 0.15) is 28.3 Å². The van der Waals surface area contributed by atoms with Crippen LogP contribution in [0.2, 0.25) is 0 Å². The molecule has 0 saturated carbocycles. The van der Waals surface area contributed by atoms with Crippen molar-refractivity contribution in [3.63, 3.8) is 0 Å². The van der Waals surface area contributed by atoms with Gasteiger partial charge < -0.3 is 10.2 Å². The Labute approximate surface area is 122 Å². The summed E-state index contributed by atoms with van der Waals surface area (Å²) in [4.78, 5) is 2.14. The van der Waals surface area contributed by atoms with E-state index in [4.69, 9.17) is 0 Å². The van der Waals surface area contributed by atoms with Gasteiger partial charge in [0, 0.05) is 19.8 Å². The van der Waals surface area contributed by atoms with Crippen molar-refractivity contribution in [3.05, 3.63) is 64.7 Å². The number of anilines is 1. The van der Waals surface area contributed by atoms with E-state index < -0.39 is 0 Å². The van der Waals surface area contributed by atoms with Crippen molar-refractivity contribution in [1.82, 2.24) is 5.32 Å². The number of aryl methyl sites for hydroxylation is 2. The van der Waals surface area contributed by atoms with Crippen molar-refractivity contribution < 1.29 is 0 Å². The molecule has 0 radical (unpaired) electrons. The second-order valence-corrected chi connectivity index (χ2v) is 5.55. The first-order valence-corrected chi connectivity index (χ1v) is 7.04. The molecule has 2 aromatic rings. The van der Waals surface area contributed by atoms with E-state index in [1.165, 1.54) is 27.9 Å². The molecule has 0 amide bonds. The van der Waals surface area contributed by atoms with Crippen molar-refractivity contribution in [3.8, 4) is 0 Å². The fraction of sp³-hybridized carbons (Fsp3) is 0.333. The Balaban J connectivity index is 2.41. The van der Waals surface area contributed by atoms with Gasteiger partial charge in [0.1, 0.15) is 0 Å². The van der Waals surface area contributed by atoms with Crippen LogP contribution >= 0.6 is 0 Å². The summed E-state index contributed by atoms with van der Waals surface area (Å²) in [6, 6.07) is 15.6. The predicted octanol–water partition coefficient (Wildman–Crippen LogP) is 3.68. The van der Waals surface area contributed by atoms with Crippen LogP contribution in [0, 0.1) is 13.8 Å². The van der Waals surface area contributed by atoms with E-state index in [0.29, 0.717) is 0 Å². The first-order valence-electron chi connectivity index (χ1n) is 7.04. The molecular weight excluding hydrogens is 244 g/mol. The third-order valence-electron chi connectivity index (χ3n) is 3.87. The molecule has 106 valence electrons. The molecule has 2 rings (SSSR count). The van der Waals surface area contributed by atoms with E-state index in [2.05, 4.69) is 80.6 Å². The van der Waals surface area contributed by atoms with Crippen LogP contribution in [-0.4, -0.2) is 21.1 Å². The first-order chi connectivity index (χ1) is 9.52. The standard InChI is InChI=1S/C18H24N2/c1-13-9-10-16(11-14(13)2)18(19-3)15-7-6-8-17(12-15)20(4)5/h6-12,18-19H,1-5H3. The number of hydrogen-bond acceptors (Lipinski definition) is 2. The van der Waals surface area contributed by atoms with E-state index in [1.807, 2.05) is 7.05 Å². The van der Waals surface area contributed by atoms with Gasteiger partial charge in [-0.3, -0.25) is 0 Å². The molecule has 0 aliphatic carbocycles. The number of nitrogens with one attached hydrogen (secondary N) is 1. The van der Waals surface area contributed by atoms with Crippen LogP contribution in [0.5, 0.6) is 0 Å². The van der Waals surface area contributed by atoms with Crippen molar-refractivity contribution in [2.24, 2.45) is 0 Å². The molecule has 20 heavy (non-hydrogen) atoms. The van der Waals surface area contributed by atoms with E-state index in [9.17, 15) is 0 Å². The maximum absolute atomic E-state index is 3.43. The zero-order valence-electron chi connectivity index (χ0n) is 13.1. The largest absolute Gasteiger partial charge is 0.378 e. The highest BCUT2D eigenvalue weighted by Crippen LogP contribution is 2.26. The summed E-state index contributed by atoms with van der Waals surface area (Å²) in [5.41, 5.74) is 6.51. The molecule has 0 saturated heterocycles. The van der Waals surface area contributed by atoms with E-state index in [1.54, 1.807) is 0 Å². The summed E-state index contributed by atoms with van der Waals surface area (Å²) in [6.07, 6.45) is 0. The van der Waals surface area contributed by atoms with Gasteiger partial charge in [-0.25, -0.2) is 0 Å². The van der Waals surface area contributed by atoms with Gasteiger partial charge in [-0.2, -0.15) is 0 Å². The van der Waals surface area contributed by atoms with Crippen molar-refractivity contribution in [2.75, 3.05) is 26.0 Å². The molecule has 0 bridgehead atoms. The van der Waals surface area contributed by atoms with Crippen molar-refractivity contribution in [2.45, 2.75) is 19.9 Å². The molecule has 0 aromatic heterocycles. The lowest BCUT2D eigenvalue weighted by atomic mass is 9.95. The predicted molar refractivity (Wildman–Crippen MR) is 87.6 cm³/mol. The maximum atomic E-state index is 3.43. The molecule has 1 atom stereocenters. The minimum atomic E-state index is 0.231. The fourth-order valence-electron chi connectivity index (χ4n) is 2.45. The van der Waals surface area contributed by atoms with Crippen LogP contribution in [0.25, 0.3) is 0 Å². The Kier molecular flexibility index (Phi) is 4.46. The summed E-state index contributed by atoms with van der Waals surface area (Å²) < 4.78 is 0. The van der Waals surface area contributed by atoms with Crippen molar-refractivity contribution in [1.29, 1.82) is 0 Å². The molecule has 0 spiro atoms. The maximum Gasteiger partial charge on any atom is 0.0575 e. The second-order valence-electron chi connectivity index (χ2n) is 5.55. The lowest BCUT2D eigenvalue weighted by molar-refractivity contribution is 0.691. The van der Waals surface area contributed by atoms with E-state index in [-0.39, 0.29) is 6.04 Å². The molecular formula is C18H24N2. The summed E-state index contributed by atoms with van der Waals surface area (Å²) in [5, 5.41) is 3.43. The Morgan fingerprint density at radius 3 is 2.20 bits per heavy atom. The van der Waals surface area contributed by atoms with Crippen molar-refractivity contribution >= 4 is 5.69 Å². The molecule has 2 nitrogen and oxygen atoms in total. The third kappa shape index (κ3) is 3.02.